The van der Waals surface area contributed by atoms with Crippen LogP contribution in [0.5, 0.6) is 0 Å². The highest BCUT2D eigenvalue weighted by atomic mass is 28.3. The maximum atomic E-state index is 14.9. The molecule has 454 valence electrons. The minimum atomic E-state index is -4.67. The molecule has 0 saturated carbocycles. The Balaban J connectivity index is 0.973. The molecule has 0 saturated heterocycles. The molecule has 1 spiro atoms. The maximum Gasteiger partial charge on any atom is 0.420 e. The molecule has 4 nitrogen and oxygen atoms in total. The van der Waals surface area contributed by atoms with Crippen molar-refractivity contribution in [2.24, 2.45) is 0 Å². The van der Waals surface area contributed by atoms with Crippen molar-refractivity contribution in [2.45, 2.75) is 57.0 Å². The van der Waals surface area contributed by atoms with Crippen LogP contribution in [0, 0.1) is 0 Å². The largest absolute Gasteiger partial charge is 0.453 e. The van der Waals surface area contributed by atoms with Crippen LogP contribution < -0.4 is 20.2 Å². The lowest BCUT2D eigenvalue weighted by atomic mass is 9.70. The number of para-hydroxylation sites is 4. The van der Waals surface area contributed by atoms with E-state index in [2.05, 4.69) is 219 Å². The zero-order chi connectivity index (χ0) is 63.8. The quantitative estimate of drug-likeness (QED) is 0.0862. The first-order valence-electron chi connectivity index (χ1n) is 31.3. The molecule has 2 heterocycles. The van der Waals surface area contributed by atoms with Crippen LogP contribution in [0.2, 0.25) is 39.3 Å². The van der Waals surface area contributed by atoms with Gasteiger partial charge in [-0.2, -0.15) is 26.3 Å². The van der Waals surface area contributed by atoms with Crippen molar-refractivity contribution in [3.8, 4) is 22.3 Å². The number of hydrogen-bond donors (Lipinski definition) is 0. The summed E-state index contributed by atoms with van der Waals surface area (Å²) in [6.07, 6.45) is -9.34. The van der Waals surface area contributed by atoms with E-state index >= 15 is 0 Å². The molecule has 17 rings (SSSR count). The van der Waals surface area contributed by atoms with Gasteiger partial charge in [0.25, 0.3) is 0 Å². The molecule has 0 atom stereocenters. The fraction of sp³-hybridized carbons (Fsp3) is 0.111. The van der Waals surface area contributed by atoms with Crippen molar-refractivity contribution >= 4 is 137 Å². The molecular formula is C81H58F6N2O2Si2. The van der Waals surface area contributed by atoms with Crippen molar-refractivity contribution < 1.29 is 35.2 Å². The van der Waals surface area contributed by atoms with Gasteiger partial charge in [-0.05, 0) is 162 Å². The van der Waals surface area contributed by atoms with Crippen LogP contribution in [-0.4, -0.2) is 16.1 Å². The van der Waals surface area contributed by atoms with Gasteiger partial charge in [-0.15, -0.1) is 0 Å². The minimum absolute atomic E-state index is 0.226. The first kappa shape index (κ1) is 56.8. The number of rotatable bonds is 8. The van der Waals surface area contributed by atoms with Crippen molar-refractivity contribution in [3.05, 3.63) is 276 Å². The fourth-order valence-electron chi connectivity index (χ4n) is 15.3. The molecule has 12 heteroatoms. The van der Waals surface area contributed by atoms with Gasteiger partial charge >= 0.3 is 12.4 Å². The van der Waals surface area contributed by atoms with Gasteiger partial charge in [-0.3, -0.25) is 0 Å². The Morgan fingerprint density at radius 2 is 0.634 bits per heavy atom. The lowest BCUT2D eigenvalue weighted by Gasteiger charge is -2.33. The Morgan fingerprint density at radius 3 is 1.06 bits per heavy atom. The number of benzene rings is 13. The van der Waals surface area contributed by atoms with Crippen LogP contribution in [0.15, 0.2) is 251 Å². The average Bonchev–Trinajstić information content (AvgIpc) is 1.51. The highest BCUT2D eigenvalue weighted by molar-refractivity contribution is 6.89. The zero-order valence-electron chi connectivity index (χ0n) is 51.6. The van der Waals surface area contributed by atoms with Gasteiger partial charge in [0, 0.05) is 44.3 Å². The zero-order valence-corrected chi connectivity index (χ0v) is 53.6. The van der Waals surface area contributed by atoms with E-state index in [9.17, 15) is 26.3 Å². The Morgan fingerprint density at radius 1 is 0.290 bits per heavy atom. The first-order chi connectivity index (χ1) is 44.7. The molecule has 2 aliphatic rings. The second kappa shape index (κ2) is 19.9. The molecule has 0 unspecified atom stereocenters. The van der Waals surface area contributed by atoms with E-state index < -0.39 is 45.0 Å². The number of halogens is 6. The fourth-order valence-corrected chi connectivity index (χ4v) is 17.7. The number of anilines is 6. The van der Waals surface area contributed by atoms with Crippen LogP contribution >= 0.6 is 0 Å². The molecule has 0 amide bonds. The molecule has 15 aromatic rings. The molecule has 13 aromatic carbocycles. The van der Waals surface area contributed by atoms with Gasteiger partial charge in [0.05, 0.1) is 44.1 Å². The Bertz CT molecular complexity index is 5410. The SMILES string of the molecule is C[Si](C)(C)c1ccc(N(c2ccc3c(c2)C2(c4ccccc4-c4cc5c6ccccc6c6ccccc6c5cc42)c2cc(N(c4ccc([Si](C)(C)C)cc4)c4cccc5c4oc4c(C(F)(F)F)cccc45)ccc2-3)c2cccc3c2oc2c(C(F)(F)F)cccc23)cc1. The number of furan rings is 2. The van der Waals surface area contributed by atoms with E-state index in [4.69, 9.17) is 8.83 Å². The summed E-state index contributed by atoms with van der Waals surface area (Å²) in [4.78, 5) is 4.25. The highest BCUT2D eigenvalue weighted by Gasteiger charge is 2.53. The normalized spacial score (nSPS) is 13.7. The third kappa shape index (κ3) is 8.43. The monoisotopic (exact) mass is 1260 g/mol. The lowest BCUT2D eigenvalue weighted by molar-refractivity contribution is -0.137. The second-order valence-corrected chi connectivity index (χ2v) is 37.1. The van der Waals surface area contributed by atoms with Gasteiger partial charge in [-0.25, -0.2) is 0 Å². The number of alkyl halides is 6. The van der Waals surface area contributed by atoms with Crippen LogP contribution in [0.1, 0.15) is 33.4 Å². The second-order valence-electron chi connectivity index (χ2n) is 26.9. The smallest absolute Gasteiger partial charge is 0.420 e. The molecule has 0 N–H and O–H groups in total. The summed E-state index contributed by atoms with van der Waals surface area (Å²) in [6, 6.07) is 80.6. The van der Waals surface area contributed by atoms with Gasteiger partial charge < -0.3 is 18.6 Å². The molecular weight excluding hydrogens is 1200 g/mol. The summed E-state index contributed by atoms with van der Waals surface area (Å²) in [6.45, 7) is 13.8. The molecule has 2 aromatic heterocycles. The molecule has 0 radical (unpaired) electrons. The molecule has 0 bridgehead atoms. The Hall–Kier alpha value is -10.1. The standard InChI is InChI=1S/C81H58F6N2O2Si2/c1-92(2,3)51-37-31-47(32-38-51)88(73-29-15-24-62-60-22-13-27-68(80(82,83)84)75(60)90-77(62)73)49-35-41-58-59-42-36-50(89(48-33-39-52(40-34-48)93(4,5)6)74-30-16-25-63-61-23-14-28-69(81(85,86)87)76(61)91-78(63)74)44-71(59)79(70(58)43-49)67-26-12-11-21-57(67)66-45-64-55-19-9-7-17-53(55)54-18-8-10-20-56(54)65(64)46-72(66)79/h7-46H,1-6H3. The van der Waals surface area contributed by atoms with Gasteiger partial charge in [0.15, 0.2) is 11.2 Å². The highest BCUT2D eigenvalue weighted by Crippen LogP contribution is 2.65. The average molecular weight is 1260 g/mol. The van der Waals surface area contributed by atoms with Crippen molar-refractivity contribution in [1.29, 1.82) is 0 Å². The first-order valence-corrected chi connectivity index (χ1v) is 38.3. The summed E-state index contributed by atoms with van der Waals surface area (Å²) in [5, 5.41) is 11.1. The summed E-state index contributed by atoms with van der Waals surface area (Å²) < 4.78 is 103. The van der Waals surface area contributed by atoms with Crippen molar-refractivity contribution in [1.82, 2.24) is 0 Å². The van der Waals surface area contributed by atoms with Crippen LogP contribution in [0.4, 0.5) is 60.5 Å². The van der Waals surface area contributed by atoms with E-state index in [-0.39, 0.29) is 11.2 Å². The summed E-state index contributed by atoms with van der Waals surface area (Å²) in [5.41, 5.74) is 9.93. The third-order valence-corrected chi connectivity index (χ3v) is 23.7. The third-order valence-electron chi connectivity index (χ3n) is 19.6. The predicted octanol–water partition coefficient (Wildman–Crippen LogP) is 23.4. The number of nitrogens with zero attached hydrogens (tertiary/aromatic N) is 2. The van der Waals surface area contributed by atoms with Crippen molar-refractivity contribution in [3.63, 3.8) is 0 Å². The van der Waals surface area contributed by atoms with Crippen LogP contribution in [-0.2, 0) is 17.8 Å². The summed E-state index contributed by atoms with van der Waals surface area (Å²) >= 11 is 0. The number of fused-ring (bicyclic) bond motifs is 22. The van der Waals surface area contributed by atoms with Crippen LogP contribution in [0.3, 0.4) is 0 Å². The van der Waals surface area contributed by atoms with Gasteiger partial charge in [0.2, 0.25) is 0 Å². The van der Waals surface area contributed by atoms with Gasteiger partial charge in [0.1, 0.15) is 11.2 Å². The van der Waals surface area contributed by atoms with E-state index in [1.165, 1.54) is 22.5 Å². The summed E-state index contributed by atoms with van der Waals surface area (Å²) in [7, 11) is -3.64. The minimum Gasteiger partial charge on any atom is -0.453 e. The molecule has 0 fully saturated rings. The topological polar surface area (TPSA) is 32.8 Å². The van der Waals surface area contributed by atoms with E-state index in [1.54, 1.807) is 12.1 Å². The van der Waals surface area contributed by atoms with Crippen LogP contribution in [0.25, 0.3) is 98.4 Å². The number of hydrogen-bond acceptors (Lipinski definition) is 4. The molecule has 2 aliphatic carbocycles. The van der Waals surface area contributed by atoms with E-state index in [1.807, 2.05) is 36.4 Å². The molecule has 93 heavy (non-hydrogen) atoms. The van der Waals surface area contributed by atoms with E-state index in [0.29, 0.717) is 44.1 Å². The molecule has 0 aliphatic heterocycles. The predicted molar refractivity (Wildman–Crippen MR) is 375 cm³/mol. The Kier molecular flexibility index (Phi) is 12.2. The van der Waals surface area contributed by atoms with Gasteiger partial charge in [-0.1, -0.05) is 207 Å². The summed E-state index contributed by atoms with van der Waals surface area (Å²) in [5.74, 6) is 0. The maximum absolute atomic E-state index is 14.9. The van der Waals surface area contributed by atoms with E-state index in [0.717, 1.165) is 112 Å². The Labute approximate surface area is 534 Å². The van der Waals surface area contributed by atoms with Crippen molar-refractivity contribution in [2.75, 3.05) is 9.80 Å². The lowest BCUT2D eigenvalue weighted by Crippen LogP contribution is -2.37.